The van der Waals surface area contributed by atoms with Crippen molar-refractivity contribution in [3.63, 3.8) is 0 Å². The number of methoxy groups -OCH3 is 1. The van der Waals surface area contributed by atoms with Crippen molar-refractivity contribution in [3.8, 4) is 11.5 Å². The lowest BCUT2D eigenvalue weighted by Crippen LogP contribution is -2.11. The second-order valence-electron chi connectivity index (χ2n) is 4.32. The number of halogens is 3. The minimum atomic E-state index is -4.48. The molecular weight excluding hydrogens is 405 g/mol. The van der Waals surface area contributed by atoms with Crippen molar-refractivity contribution in [1.82, 2.24) is 0 Å². The van der Waals surface area contributed by atoms with Gasteiger partial charge in [-0.3, -0.25) is 10.1 Å². The molecule has 0 saturated heterocycles. The first-order valence-corrected chi connectivity index (χ1v) is 8.61. The van der Waals surface area contributed by atoms with Crippen molar-refractivity contribution in [2.45, 2.75) is 4.90 Å². The summed E-state index contributed by atoms with van der Waals surface area (Å²) in [5.41, 5.74) is -0.589. The van der Waals surface area contributed by atoms with E-state index < -0.39 is 31.4 Å². The summed E-state index contributed by atoms with van der Waals surface area (Å²) in [6.07, 6.45) is 0. The molecule has 2 rings (SSSR count). The molecule has 0 unspecified atom stereocenters. The Morgan fingerprint density at radius 2 is 1.67 bits per heavy atom. The van der Waals surface area contributed by atoms with Crippen LogP contribution in [0.5, 0.6) is 11.5 Å². The number of ether oxygens (including phenoxy) is 1. The average molecular weight is 413 g/mol. The van der Waals surface area contributed by atoms with Crippen LogP contribution in [0.1, 0.15) is 0 Å². The Kier molecular flexibility index (Phi) is 5.44. The topological polar surface area (TPSA) is 95.7 Å². The maximum atomic E-state index is 12.4. The third-order valence-electron chi connectivity index (χ3n) is 2.81. The predicted molar refractivity (Wildman–Crippen MR) is 88.9 cm³/mol. The molecule has 0 saturated carbocycles. The van der Waals surface area contributed by atoms with E-state index in [1.54, 1.807) is 0 Å². The van der Waals surface area contributed by atoms with E-state index in [9.17, 15) is 18.5 Å². The largest absolute Gasteiger partial charge is 0.496 e. The fourth-order valence-electron chi connectivity index (χ4n) is 1.70. The molecular formula is C13H8Cl3NO6S. The minimum Gasteiger partial charge on any atom is -0.496 e. The molecule has 0 bridgehead atoms. The van der Waals surface area contributed by atoms with E-state index in [0.717, 1.165) is 24.3 Å². The van der Waals surface area contributed by atoms with Gasteiger partial charge in [0.25, 0.3) is 0 Å². The van der Waals surface area contributed by atoms with Crippen LogP contribution < -0.4 is 8.92 Å². The van der Waals surface area contributed by atoms with Gasteiger partial charge in [0.15, 0.2) is 0 Å². The number of nitro benzene ring substituents is 1. The van der Waals surface area contributed by atoms with Crippen molar-refractivity contribution in [3.05, 3.63) is 55.5 Å². The highest BCUT2D eigenvalue weighted by Crippen LogP contribution is 2.36. The molecule has 0 radical (unpaired) electrons. The third kappa shape index (κ3) is 3.84. The minimum absolute atomic E-state index is 0.0519. The maximum Gasteiger partial charge on any atom is 0.341 e. The highest BCUT2D eigenvalue weighted by Gasteiger charge is 2.27. The van der Waals surface area contributed by atoms with E-state index in [2.05, 4.69) is 0 Å². The molecule has 0 spiro atoms. The molecule has 0 amide bonds. The molecule has 7 nitrogen and oxygen atoms in total. The molecule has 0 aliphatic rings. The molecule has 24 heavy (non-hydrogen) atoms. The van der Waals surface area contributed by atoms with Crippen molar-refractivity contribution in [1.29, 1.82) is 0 Å². The predicted octanol–water partition coefficient (Wildman–Crippen LogP) is 4.33. The van der Waals surface area contributed by atoms with Crippen LogP contribution in [0.4, 0.5) is 5.69 Å². The van der Waals surface area contributed by atoms with Crippen molar-refractivity contribution in [2.75, 3.05) is 7.11 Å². The fourth-order valence-corrected chi connectivity index (χ4v) is 3.62. The van der Waals surface area contributed by atoms with Crippen LogP contribution in [0.15, 0.2) is 35.2 Å². The van der Waals surface area contributed by atoms with Crippen molar-refractivity contribution < 1.29 is 22.3 Å². The van der Waals surface area contributed by atoms with E-state index >= 15 is 0 Å². The van der Waals surface area contributed by atoms with Gasteiger partial charge in [0.1, 0.15) is 10.6 Å². The lowest BCUT2D eigenvalue weighted by atomic mass is 10.3. The van der Waals surface area contributed by atoms with E-state index in [4.69, 9.17) is 43.7 Å². The van der Waals surface area contributed by atoms with Crippen molar-refractivity contribution >= 4 is 50.6 Å². The second-order valence-corrected chi connectivity index (χ2v) is 7.06. The van der Waals surface area contributed by atoms with Crippen LogP contribution in [0, 0.1) is 10.1 Å². The summed E-state index contributed by atoms with van der Waals surface area (Å²) >= 11 is 17.4. The molecule has 2 aromatic carbocycles. The van der Waals surface area contributed by atoms with Gasteiger partial charge in [0.2, 0.25) is 5.75 Å². The van der Waals surface area contributed by atoms with E-state index in [1.165, 1.54) is 13.2 Å². The summed E-state index contributed by atoms with van der Waals surface area (Å²) in [6.45, 7) is 0. The molecule has 2 aromatic rings. The van der Waals surface area contributed by atoms with Gasteiger partial charge in [0.05, 0.1) is 33.2 Å². The first-order valence-electron chi connectivity index (χ1n) is 6.07. The Morgan fingerprint density at radius 1 is 1.04 bits per heavy atom. The summed E-state index contributed by atoms with van der Waals surface area (Å²) in [7, 11) is -3.17. The second kappa shape index (κ2) is 7.02. The van der Waals surface area contributed by atoms with Crippen LogP contribution in [0.25, 0.3) is 0 Å². The summed E-state index contributed by atoms with van der Waals surface area (Å²) in [6, 6.07) is 5.57. The standard InChI is InChI=1S/C13H8Cl3NO6S/c1-22-7-2-3-12(11(4-7)17(18)19)23-24(20,21)13-6-9(15)8(14)5-10(13)16/h2-6H,1H3. The lowest BCUT2D eigenvalue weighted by molar-refractivity contribution is -0.385. The van der Waals surface area contributed by atoms with Gasteiger partial charge in [-0.2, -0.15) is 8.42 Å². The monoisotopic (exact) mass is 411 g/mol. The smallest absolute Gasteiger partial charge is 0.341 e. The zero-order valence-corrected chi connectivity index (χ0v) is 14.9. The zero-order valence-electron chi connectivity index (χ0n) is 11.8. The molecule has 0 fully saturated rings. The fraction of sp³-hybridized carbons (Fsp3) is 0.0769. The highest BCUT2D eigenvalue weighted by molar-refractivity contribution is 7.87. The Bertz CT molecular complexity index is 916. The molecule has 128 valence electrons. The van der Waals surface area contributed by atoms with Gasteiger partial charge in [-0.1, -0.05) is 34.8 Å². The molecule has 0 heterocycles. The number of rotatable bonds is 5. The molecule has 0 aliphatic carbocycles. The Balaban J connectivity index is 2.51. The van der Waals surface area contributed by atoms with Crippen LogP contribution >= 0.6 is 34.8 Å². The van der Waals surface area contributed by atoms with Gasteiger partial charge in [-0.05, 0) is 24.3 Å². The zero-order chi connectivity index (χ0) is 18.1. The van der Waals surface area contributed by atoms with Gasteiger partial charge < -0.3 is 8.92 Å². The Morgan fingerprint density at radius 3 is 2.25 bits per heavy atom. The van der Waals surface area contributed by atoms with Gasteiger partial charge in [-0.25, -0.2) is 0 Å². The molecule has 0 aromatic heterocycles. The average Bonchev–Trinajstić information content (AvgIpc) is 2.50. The first-order chi connectivity index (χ1) is 11.2. The number of nitrogens with zero attached hydrogens (tertiary/aromatic N) is 1. The quantitative estimate of drug-likeness (QED) is 0.314. The SMILES string of the molecule is COc1ccc(OS(=O)(=O)c2cc(Cl)c(Cl)cc2Cl)c([N+](=O)[O-])c1. The highest BCUT2D eigenvalue weighted by atomic mass is 35.5. The first kappa shape index (κ1) is 18.6. The molecule has 0 N–H and O–H groups in total. The molecule has 0 atom stereocenters. The van der Waals surface area contributed by atoms with Crippen LogP contribution in [0.3, 0.4) is 0 Å². The molecule has 0 aliphatic heterocycles. The van der Waals surface area contributed by atoms with Crippen LogP contribution in [0.2, 0.25) is 15.1 Å². The molecule has 11 heteroatoms. The number of hydrogen-bond donors (Lipinski definition) is 0. The Labute approximate surface area is 151 Å². The number of hydrogen-bond acceptors (Lipinski definition) is 6. The van der Waals surface area contributed by atoms with E-state index in [-0.39, 0.29) is 20.8 Å². The van der Waals surface area contributed by atoms with E-state index in [1.807, 2.05) is 0 Å². The third-order valence-corrected chi connectivity index (χ3v) is 5.23. The summed E-state index contributed by atoms with van der Waals surface area (Å²) in [5.74, 6) is -0.332. The Hall–Kier alpha value is -1.74. The number of benzene rings is 2. The number of nitro groups is 1. The van der Waals surface area contributed by atoms with E-state index in [0.29, 0.717) is 0 Å². The normalized spacial score (nSPS) is 11.2. The van der Waals surface area contributed by atoms with Crippen molar-refractivity contribution in [2.24, 2.45) is 0 Å². The summed E-state index contributed by atoms with van der Waals surface area (Å²) < 4.78 is 34.4. The van der Waals surface area contributed by atoms with Gasteiger partial charge in [0, 0.05) is 0 Å². The van der Waals surface area contributed by atoms with Crippen LogP contribution in [-0.2, 0) is 10.1 Å². The van der Waals surface area contributed by atoms with Crippen LogP contribution in [-0.4, -0.2) is 20.5 Å². The summed E-state index contributed by atoms with van der Waals surface area (Å²) in [4.78, 5) is 9.82. The summed E-state index contributed by atoms with van der Waals surface area (Å²) in [5, 5.41) is 10.8. The van der Waals surface area contributed by atoms with Gasteiger partial charge in [-0.15, -0.1) is 0 Å². The lowest BCUT2D eigenvalue weighted by Gasteiger charge is -2.10. The maximum absolute atomic E-state index is 12.4. The van der Waals surface area contributed by atoms with Gasteiger partial charge >= 0.3 is 15.8 Å².